The number of amides is 2. The molecule has 0 aromatic heterocycles. The third-order valence-corrected chi connectivity index (χ3v) is 5.28. The number of hydrogen-bond donors (Lipinski definition) is 1. The van der Waals surface area contributed by atoms with Gasteiger partial charge in [0.05, 0.1) is 13.2 Å². The van der Waals surface area contributed by atoms with E-state index < -0.39 is 5.60 Å². The summed E-state index contributed by atoms with van der Waals surface area (Å²) in [7, 11) is 1.61. The standard InChI is InChI=1S/C23H28N2O3/c1-4-21(26)25-12-13-28-23(16-25,22(27)24-3)15-18-8-10-19(11-9-18)20-7-5-6-17(2)14-20/h5-11,14H,4,12-13,15-16H2,1-3H3,(H,24,27)/t23-/m1/s1. The topological polar surface area (TPSA) is 58.6 Å². The molecule has 1 heterocycles. The number of ether oxygens (including phenoxy) is 1. The molecule has 0 bridgehead atoms. The van der Waals surface area contributed by atoms with Crippen LogP contribution in [-0.2, 0) is 20.7 Å². The number of morpholine rings is 1. The molecule has 3 rings (SSSR count). The third-order valence-electron chi connectivity index (χ3n) is 5.28. The Bertz CT molecular complexity index is 847. The highest BCUT2D eigenvalue weighted by molar-refractivity contribution is 5.87. The van der Waals surface area contributed by atoms with E-state index in [1.54, 1.807) is 11.9 Å². The fourth-order valence-corrected chi connectivity index (χ4v) is 3.74. The molecular weight excluding hydrogens is 352 g/mol. The summed E-state index contributed by atoms with van der Waals surface area (Å²) < 4.78 is 5.97. The molecule has 0 radical (unpaired) electrons. The van der Waals surface area contributed by atoms with Crippen molar-refractivity contribution in [3.05, 3.63) is 59.7 Å². The first-order chi connectivity index (χ1) is 13.5. The van der Waals surface area contributed by atoms with Crippen molar-refractivity contribution < 1.29 is 14.3 Å². The van der Waals surface area contributed by atoms with Gasteiger partial charge in [0.15, 0.2) is 5.60 Å². The van der Waals surface area contributed by atoms with E-state index in [-0.39, 0.29) is 18.4 Å². The van der Waals surface area contributed by atoms with Crippen LogP contribution in [0.4, 0.5) is 0 Å². The van der Waals surface area contributed by atoms with Gasteiger partial charge in [-0.05, 0) is 23.6 Å². The highest BCUT2D eigenvalue weighted by Crippen LogP contribution is 2.26. The largest absolute Gasteiger partial charge is 0.361 e. The maximum absolute atomic E-state index is 12.7. The van der Waals surface area contributed by atoms with Crippen molar-refractivity contribution in [2.24, 2.45) is 0 Å². The number of carbonyl (C=O) groups excluding carboxylic acids is 2. The van der Waals surface area contributed by atoms with Crippen molar-refractivity contribution in [3.63, 3.8) is 0 Å². The molecule has 0 saturated carbocycles. The second-order valence-electron chi connectivity index (χ2n) is 7.33. The van der Waals surface area contributed by atoms with Crippen LogP contribution in [0.15, 0.2) is 48.5 Å². The molecule has 1 aliphatic heterocycles. The zero-order valence-electron chi connectivity index (χ0n) is 16.8. The van der Waals surface area contributed by atoms with Crippen LogP contribution in [0.3, 0.4) is 0 Å². The Labute approximate surface area is 166 Å². The molecule has 5 heteroatoms. The van der Waals surface area contributed by atoms with Crippen LogP contribution >= 0.6 is 0 Å². The molecule has 1 aliphatic rings. The van der Waals surface area contributed by atoms with Gasteiger partial charge in [0.25, 0.3) is 5.91 Å². The molecule has 1 saturated heterocycles. The Hall–Kier alpha value is -2.66. The lowest BCUT2D eigenvalue weighted by Crippen LogP contribution is -2.61. The fraction of sp³-hybridized carbons (Fsp3) is 0.391. The van der Waals surface area contributed by atoms with Crippen molar-refractivity contribution in [1.29, 1.82) is 0 Å². The zero-order valence-corrected chi connectivity index (χ0v) is 16.8. The molecule has 28 heavy (non-hydrogen) atoms. The zero-order chi connectivity index (χ0) is 20.1. The molecule has 148 valence electrons. The monoisotopic (exact) mass is 380 g/mol. The van der Waals surface area contributed by atoms with E-state index >= 15 is 0 Å². The minimum absolute atomic E-state index is 0.0476. The molecule has 1 atom stereocenters. The fourth-order valence-electron chi connectivity index (χ4n) is 3.74. The number of hydrogen-bond acceptors (Lipinski definition) is 3. The number of aryl methyl sites for hydroxylation is 1. The SMILES string of the molecule is CCC(=O)N1CCO[C@@](Cc2ccc(-c3cccc(C)c3)cc2)(C(=O)NC)C1. The van der Waals surface area contributed by atoms with Crippen molar-refractivity contribution in [1.82, 2.24) is 10.2 Å². The molecule has 0 aliphatic carbocycles. The molecule has 2 aromatic carbocycles. The highest BCUT2D eigenvalue weighted by atomic mass is 16.5. The molecule has 0 spiro atoms. The van der Waals surface area contributed by atoms with Crippen LogP contribution < -0.4 is 5.32 Å². The Balaban J connectivity index is 1.83. The molecule has 2 amide bonds. The Morgan fingerprint density at radius 1 is 1.14 bits per heavy atom. The van der Waals surface area contributed by atoms with E-state index in [9.17, 15) is 9.59 Å². The average Bonchev–Trinajstić information content (AvgIpc) is 2.73. The minimum Gasteiger partial charge on any atom is -0.361 e. The summed E-state index contributed by atoms with van der Waals surface area (Å²) in [5.41, 5.74) is 3.47. The number of likely N-dealkylation sites (N-methyl/N-ethyl adjacent to an activating group) is 1. The van der Waals surface area contributed by atoms with Gasteiger partial charge in [-0.1, -0.05) is 61.0 Å². The van der Waals surface area contributed by atoms with Gasteiger partial charge >= 0.3 is 0 Å². The number of nitrogens with one attached hydrogen (secondary N) is 1. The molecular formula is C23H28N2O3. The van der Waals surface area contributed by atoms with Crippen LogP contribution in [-0.4, -0.2) is 49.1 Å². The Morgan fingerprint density at radius 3 is 2.54 bits per heavy atom. The number of rotatable bonds is 5. The first-order valence-electron chi connectivity index (χ1n) is 9.77. The molecule has 2 aromatic rings. The van der Waals surface area contributed by atoms with Gasteiger partial charge < -0.3 is 15.0 Å². The van der Waals surface area contributed by atoms with E-state index in [4.69, 9.17) is 4.74 Å². The predicted molar refractivity (Wildman–Crippen MR) is 110 cm³/mol. The minimum atomic E-state index is -1.05. The lowest BCUT2D eigenvalue weighted by atomic mass is 9.90. The van der Waals surface area contributed by atoms with Gasteiger partial charge in [0.1, 0.15) is 0 Å². The average molecular weight is 380 g/mol. The number of nitrogens with zero attached hydrogens (tertiary/aromatic N) is 1. The first kappa shape index (κ1) is 20.1. The summed E-state index contributed by atoms with van der Waals surface area (Å²) in [5, 5.41) is 2.71. The van der Waals surface area contributed by atoms with Crippen LogP contribution in [0.1, 0.15) is 24.5 Å². The lowest BCUT2D eigenvalue weighted by molar-refractivity contribution is -0.165. The quantitative estimate of drug-likeness (QED) is 0.868. The predicted octanol–water partition coefficient (Wildman–Crippen LogP) is 2.96. The van der Waals surface area contributed by atoms with Gasteiger partial charge in [-0.2, -0.15) is 0 Å². The van der Waals surface area contributed by atoms with E-state index in [2.05, 4.69) is 42.6 Å². The second kappa shape index (κ2) is 8.57. The van der Waals surface area contributed by atoms with E-state index in [0.717, 1.165) is 11.1 Å². The summed E-state index contributed by atoms with van der Waals surface area (Å²) in [4.78, 5) is 26.6. The number of benzene rings is 2. The Kier molecular flexibility index (Phi) is 6.15. The lowest BCUT2D eigenvalue weighted by Gasteiger charge is -2.41. The van der Waals surface area contributed by atoms with Crippen LogP contribution in [0.25, 0.3) is 11.1 Å². The van der Waals surface area contributed by atoms with Gasteiger partial charge in [0.2, 0.25) is 5.91 Å². The van der Waals surface area contributed by atoms with Crippen molar-refractivity contribution in [3.8, 4) is 11.1 Å². The molecule has 1 fully saturated rings. The molecule has 1 N–H and O–H groups in total. The van der Waals surface area contributed by atoms with Crippen LogP contribution in [0, 0.1) is 6.92 Å². The van der Waals surface area contributed by atoms with Gasteiger partial charge in [-0.15, -0.1) is 0 Å². The van der Waals surface area contributed by atoms with E-state index in [1.165, 1.54) is 11.1 Å². The summed E-state index contributed by atoms with van der Waals surface area (Å²) in [6.45, 7) is 5.08. The first-order valence-corrected chi connectivity index (χ1v) is 9.77. The molecule has 5 nitrogen and oxygen atoms in total. The summed E-state index contributed by atoms with van der Waals surface area (Å²) in [6.07, 6.45) is 0.850. The van der Waals surface area contributed by atoms with Crippen LogP contribution in [0.2, 0.25) is 0 Å². The summed E-state index contributed by atoms with van der Waals surface area (Å²) >= 11 is 0. The Morgan fingerprint density at radius 2 is 1.89 bits per heavy atom. The van der Waals surface area contributed by atoms with Gasteiger partial charge in [0, 0.05) is 26.4 Å². The van der Waals surface area contributed by atoms with Gasteiger partial charge in [-0.25, -0.2) is 0 Å². The highest BCUT2D eigenvalue weighted by Gasteiger charge is 2.44. The normalized spacial score (nSPS) is 19.3. The molecule has 0 unspecified atom stereocenters. The second-order valence-corrected chi connectivity index (χ2v) is 7.33. The summed E-state index contributed by atoms with van der Waals surface area (Å²) in [6, 6.07) is 16.6. The van der Waals surface area contributed by atoms with Crippen molar-refractivity contribution >= 4 is 11.8 Å². The van der Waals surface area contributed by atoms with E-state index in [0.29, 0.717) is 26.0 Å². The van der Waals surface area contributed by atoms with Crippen LogP contribution in [0.5, 0.6) is 0 Å². The third kappa shape index (κ3) is 4.25. The smallest absolute Gasteiger partial charge is 0.254 e. The van der Waals surface area contributed by atoms with E-state index in [1.807, 2.05) is 25.1 Å². The van der Waals surface area contributed by atoms with Crippen molar-refractivity contribution in [2.75, 3.05) is 26.7 Å². The number of carbonyl (C=O) groups is 2. The maximum Gasteiger partial charge on any atom is 0.254 e. The van der Waals surface area contributed by atoms with Crippen molar-refractivity contribution in [2.45, 2.75) is 32.3 Å². The summed E-state index contributed by atoms with van der Waals surface area (Å²) in [5.74, 6) is -0.143. The van der Waals surface area contributed by atoms with Gasteiger partial charge in [-0.3, -0.25) is 9.59 Å². The maximum atomic E-state index is 12.7.